The molecule has 5 nitrogen and oxygen atoms in total. The maximum Gasteiger partial charge on any atom is 0.343 e. The fourth-order valence-corrected chi connectivity index (χ4v) is 4.12. The van der Waals surface area contributed by atoms with Crippen molar-refractivity contribution in [3.8, 4) is 0 Å². The number of nitrogens with one attached hydrogen (secondary N) is 2. The predicted molar refractivity (Wildman–Crippen MR) is 84.7 cm³/mol. The Kier molecular flexibility index (Phi) is 4.17. The minimum absolute atomic E-state index is 0.159. The van der Waals surface area contributed by atoms with E-state index in [1.165, 1.54) is 11.1 Å². The Labute approximate surface area is 128 Å². The fraction of sp³-hybridized carbons (Fsp3) is 0.467. The molecular formula is C15H20N4OS. The lowest BCUT2D eigenvalue weighted by Crippen LogP contribution is -2.34. The number of aromatic amines is 1. The number of hydrogen-bond acceptors (Lipinski definition) is 4. The molecular weight excluding hydrogens is 284 g/mol. The minimum Gasteiger partial charge on any atom is -0.309 e. The zero-order valence-electron chi connectivity index (χ0n) is 12.3. The summed E-state index contributed by atoms with van der Waals surface area (Å²) in [5.41, 5.74) is 2.65. The zero-order chi connectivity index (χ0) is 14.8. The second-order valence-electron chi connectivity index (χ2n) is 5.30. The molecule has 1 aromatic carbocycles. The molecule has 0 bridgehead atoms. The number of thioether (sulfide) groups is 1. The van der Waals surface area contributed by atoms with Crippen LogP contribution in [0, 0.1) is 0 Å². The Hall–Kier alpha value is -1.53. The SMILES string of the molecule is CCNC1c2ccccc2CCC1Sc1n[nH]c(=O)n1C. The second kappa shape index (κ2) is 6.07. The summed E-state index contributed by atoms with van der Waals surface area (Å²) in [6.45, 7) is 3.05. The Bertz CT molecular complexity index is 678. The Balaban J connectivity index is 1.88. The lowest BCUT2D eigenvalue weighted by Gasteiger charge is -2.33. The van der Waals surface area contributed by atoms with Gasteiger partial charge in [0, 0.05) is 18.3 Å². The van der Waals surface area contributed by atoms with Gasteiger partial charge in [-0.25, -0.2) is 9.89 Å². The van der Waals surface area contributed by atoms with Crippen molar-refractivity contribution in [1.29, 1.82) is 0 Å². The number of aryl methyl sites for hydroxylation is 1. The highest BCUT2D eigenvalue weighted by Gasteiger charge is 2.30. The Morgan fingerprint density at radius 1 is 1.48 bits per heavy atom. The van der Waals surface area contributed by atoms with Gasteiger partial charge in [0.25, 0.3) is 0 Å². The number of rotatable bonds is 4. The number of fused-ring (bicyclic) bond motifs is 1. The van der Waals surface area contributed by atoms with E-state index >= 15 is 0 Å². The lowest BCUT2D eigenvalue weighted by molar-refractivity contribution is 0.483. The third kappa shape index (κ3) is 2.78. The van der Waals surface area contributed by atoms with E-state index in [0.29, 0.717) is 11.3 Å². The van der Waals surface area contributed by atoms with Crippen molar-refractivity contribution in [2.24, 2.45) is 7.05 Å². The van der Waals surface area contributed by atoms with Crippen molar-refractivity contribution in [3.63, 3.8) is 0 Å². The first-order valence-corrected chi connectivity index (χ1v) is 8.18. The standard InChI is InChI=1S/C15H20N4OS/c1-3-16-13-11-7-5-4-6-10(11)8-9-12(13)21-15-18-17-14(20)19(15)2/h4-7,12-13,16H,3,8-9H2,1-2H3,(H,17,20). The molecule has 1 aliphatic carbocycles. The van der Waals surface area contributed by atoms with Crippen molar-refractivity contribution >= 4 is 11.8 Å². The van der Waals surface area contributed by atoms with Gasteiger partial charge in [-0.1, -0.05) is 43.0 Å². The number of aromatic nitrogens is 3. The highest BCUT2D eigenvalue weighted by Crippen LogP contribution is 2.39. The molecule has 2 unspecified atom stereocenters. The van der Waals surface area contributed by atoms with E-state index in [-0.39, 0.29) is 5.69 Å². The molecule has 0 saturated carbocycles. The van der Waals surface area contributed by atoms with E-state index in [0.717, 1.165) is 24.5 Å². The molecule has 0 aliphatic heterocycles. The zero-order valence-corrected chi connectivity index (χ0v) is 13.1. The third-order valence-electron chi connectivity index (χ3n) is 3.98. The average molecular weight is 304 g/mol. The Morgan fingerprint density at radius 3 is 3.00 bits per heavy atom. The maximum absolute atomic E-state index is 11.5. The molecule has 1 heterocycles. The summed E-state index contributed by atoms with van der Waals surface area (Å²) in [6.07, 6.45) is 2.16. The number of benzene rings is 1. The van der Waals surface area contributed by atoms with Crippen LogP contribution in [0.5, 0.6) is 0 Å². The minimum atomic E-state index is -0.159. The van der Waals surface area contributed by atoms with Crippen molar-refractivity contribution in [2.45, 2.75) is 36.2 Å². The van der Waals surface area contributed by atoms with Gasteiger partial charge in [0.2, 0.25) is 0 Å². The van der Waals surface area contributed by atoms with E-state index in [1.807, 2.05) is 0 Å². The first kappa shape index (κ1) is 14.4. The predicted octanol–water partition coefficient (Wildman–Crippen LogP) is 1.87. The van der Waals surface area contributed by atoms with Gasteiger partial charge < -0.3 is 5.32 Å². The first-order valence-electron chi connectivity index (χ1n) is 7.30. The topological polar surface area (TPSA) is 62.7 Å². The van der Waals surface area contributed by atoms with Crippen LogP contribution >= 0.6 is 11.8 Å². The van der Waals surface area contributed by atoms with Crippen LogP contribution in [-0.4, -0.2) is 26.6 Å². The smallest absolute Gasteiger partial charge is 0.309 e. The van der Waals surface area contributed by atoms with E-state index < -0.39 is 0 Å². The summed E-state index contributed by atoms with van der Waals surface area (Å²) in [5.74, 6) is 0. The van der Waals surface area contributed by atoms with Crippen LogP contribution in [0.25, 0.3) is 0 Å². The number of hydrogen-bond donors (Lipinski definition) is 2. The van der Waals surface area contributed by atoms with Crippen LogP contribution in [0.2, 0.25) is 0 Å². The molecule has 0 fully saturated rings. The van der Waals surface area contributed by atoms with E-state index in [2.05, 4.69) is 46.7 Å². The van der Waals surface area contributed by atoms with Crippen molar-refractivity contribution in [1.82, 2.24) is 20.1 Å². The quantitative estimate of drug-likeness (QED) is 0.905. The molecule has 0 spiro atoms. The van der Waals surface area contributed by atoms with Crippen molar-refractivity contribution in [3.05, 3.63) is 45.9 Å². The monoisotopic (exact) mass is 304 g/mol. The molecule has 1 aromatic heterocycles. The molecule has 0 amide bonds. The van der Waals surface area contributed by atoms with Crippen LogP contribution in [-0.2, 0) is 13.5 Å². The third-order valence-corrected chi connectivity index (χ3v) is 5.37. The van der Waals surface area contributed by atoms with Gasteiger partial charge in [-0.2, -0.15) is 0 Å². The van der Waals surface area contributed by atoms with Crippen LogP contribution < -0.4 is 11.0 Å². The summed E-state index contributed by atoms with van der Waals surface area (Å²) in [6, 6.07) is 8.92. The molecule has 0 saturated heterocycles. The van der Waals surface area contributed by atoms with Gasteiger partial charge in [-0.15, -0.1) is 5.10 Å². The van der Waals surface area contributed by atoms with E-state index in [4.69, 9.17) is 0 Å². The van der Waals surface area contributed by atoms with E-state index in [1.54, 1.807) is 23.4 Å². The van der Waals surface area contributed by atoms with Gasteiger partial charge in [-0.3, -0.25) is 4.57 Å². The average Bonchev–Trinajstić information content (AvgIpc) is 2.82. The first-order chi connectivity index (χ1) is 10.2. The summed E-state index contributed by atoms with van der Waals surface area (Å²) in [5, 5.41) is 11.4. The molecule has 2 aromatic rings. The van der Waals surface area contributed by atoms with Gasteiger partial charge >= 0.3 is 5.69 Å². The largest absolute Gasteiger partial charge is 0.343 e. The maximum atomic E-state index is 11.5. The lowest BCUT2D eigenvalue weighted by atomic mass is 9.87. The fourth-order valence-electron chi connectivity index (χ4n) is 2.89. The molecule has 1 aliphatic rings. The van der Waals surface area contributed by atoms with Crippen LogP contribution in [0.15, 0.2) is 34.2 Å². The molecule has 2 N–H and O–H groups in total. The van der Waals surface area contributed by atoms with Gasteiger partial charge in [0.15, 0.2) is 5.16 Å². The summed E-state index contributed by atoms with van der Waals surface area (Å²) < 4.78 is 1.58. The number of nitrogens with zero attached hydrogens (tertiary/aromatic N) is 2. The van der Waals surface area contributed by atoms with Gasteiger partial charge in [-0.05, 0) is 30.5 Å². The van der Waals surface area contributed by atoms with Crippen molar-refractivity contribution in [2.75, 3.05) is 6.54 Å². The second-order valence-corrected chi connectivity index (χ2v) is 6.51. The molecule has 0 radical (unpaired) electrons. The molecule has 6 heteroatoms. The van der Waals surface area contributed by atoms with Gasteiger partial charge in [0.05, 0.1) is 0 Å². The highest BCUT2D eigenvalue weighted by atomic mass is 32.2. The van der Waals surface area contributed by atoms with Crippen LogP contribution in [0.3, 0.4) is 0 Å². The molecule has 112 valence electrons. The highest BCUT2D eigenvalue weighted by molar-refractivity contribution is 7.99. The van der Waals surface area contributed by atoms with Crippen LogP contribution in [0.4, 0.5) is 0 Å². The van der Waals surface area contributed by atoms with Crippen LogP contribution in [0.1, 0.15) is 30.5 Å². The van der Waals surface area contributed by atoms with E-state index in [9.17, 15) is 4.79 Å². The normalized spacial score (nSPS) is 21.2. The van der Waals surface area contributed by atoms with Gasteiger partial charge in [0.1, 0.15) is 0 Å². The summed E-state index contributed by atoms with van der Waals surface area (Å²) in [4.78, 5) is 11.5. The Morgan fingerprint density at radius 2 is 2.29 bits per heavy atom. The van der Waals surface area contributed by atoms with Crippen molar-refractivity contribution < 1.29 is 0 Å². The number of H-pyrrole nitrogens is 1. The molecule has 3 rings (SSSR count). The molecule has 21 heavy (non-hydrogen) atoms. The summed E-state index contributed by atoms with van der Waals surface area (Å²) >= 11 is 1.68. The summed E-state index contributed by atoms with van der Waals surface area (Å²) in [7, 11) is 1.76. The molecule has 2 atom stereocenters.